The van der Waals surface area contributed by atoms with Crippen molar-refractivity contribution >= 4 is 19.7 Å². The molecule has 1 saturated carbocycles. The number of rotatable bonds is 5. The third-order valence-electron chi connectivity index (χ3n) is 3.37. The molecular weight excluding hydrogens is 232 g/mol. The number of unbranched alkanes of at least 4 members (excludes halogenated alkanes) is 1. The van der Waals surface area contributed by atoms with Gasteiger partial charge in [0, 0.05) is 10.7 Å². The van der Waals surface area contributed by atoms with E-state index >= 15 is 0 Å². The van der Waals surface area contributed by atoms with Gasteiger partial charge < -0.3 is 0 Å². The lowest BCUT2D eigenvalue weighted by Gasteiger charge is -2.27. The third-order valence-corrected chi connectivity index (χ3v) is 4.61. The van der Waals surface area contributed by atoms with Crippen molar-refractivity contribution in [1.82, 2.24) is 0 Å². The van der Waals surface area contributed by atoms with E-state index in [4.69, 9.17) is 10.7 Å². The van der Waals surface area contributed by atoms with Crippen LogP contribution in [0.4, 0.5) is 0 Å². The fourth-order valence-electron chi connectivity index (χ4n) is 2.46. The Hall–Kier alpha value is 0.240. The van der Waals surface area contributed by atoms with Crippen LogP contribution in [0, 0.1) is 11.8 Å². The van der Waals surface area contributed by atoms with Gasteiger partial charge in [-0.1, -0.05) is 39.0 Å². The van der Waals surface area contributed by atoms with Crippen LogP contribution in [-0.2, 0) is 9.05 Å². The average Bonchev–Trinajstić information content (AvgIpc) is 2.14. The molecule has 0 unspecified atom stereocenters. The Labute approximate surface area is 97.8 Å². The second kappa shape index (κ2) is 6.09. The number of halogens is 1. The molecule has 15 heavy (non-hydrogen) atoms. The molecule has 0 saturated heterocycles. The summed E-state index contributed by atoms with van der Waals surface area (Å²) in [4.78, 5) is 0. The smallest absolute Gasteiger partial charge is 0.212 e. The van der Waals surface area contributed by atoms with Crippen molar-refractivity contribution < 1.29 is 8.42 Å². The zero-order valence-electron chi connectivity index (χ0n) is 9.41. The molecule has 0 atom stereocenters. The minimum atomic E-state index is -3.29. The summed E-state index contributed by atoms with van der Waals surface area (Å²) in [5, 5.41) is 0. The van der Waals surface area contributed by atoms with Gasteiger partial charge in [-0.3, -0.25) is 0 Å². The Bertz CT molecular complexity index is 266. The normalized spacial score (nSPS) is 27.9. The van der Waals surface area contributed by atoms with Gasteiger partial charge in [0.05, 0.1) is 5.75 Å². The van der Waals surface area contributed by atoms with Crippen LogP contribution < -0.4 is 0 Å². The molecule has 1 fully saturated rings. The number of hydrogen-bond donors (Lipinski definition) is 0. The minimum Gasteiger partial charge on any atom is -0.212 e. The summed E-state index contributed by atoms with van der Waals surface area (Å²) >= 11 is 0. The van der Waals surface area contributed by atoms with Crippen molar-refractivity contribution in [3.05, 3.63) is 0 Å². The monoisotopic (exact) mass is 252 g/mol. The van der Waals surface area contributed by atoms with E-state index in [0.717, 1.165) is 18.8 Å². The maximum absolute atomic E-state index is 10.9. The predicted molar refractivity (Wildman–Crippen MR) is 64.6 cm³/mol. The molecule has 90 valence electrons. The highest BCUT2D eigenvalue weighted by Gasteiger charge is 2.24. The first-order chi connectivity index (χ1) is 7.01. The molecular formula is C11H21ClO2S. The second-order valence-electron chi connectivity index (χ2n) is 4.73. The number of hydrogen-bond acceptors (Lipinski definition) is 2. The Morgan fingerprint density at radius 1 is 1.13 bits per heavy atom. The van der Waals surface area contributed by atoms with Crippen molar-refractivity contribution in [2.75, 3.05) is 5.75 Å². The largest absolute Gasteiger partial charge is 0.232 e. The average molecular weight is 253 g/mol. The second-order valence-corrected chi connectivity index (χ2v) is 7.56. The van der Waals surface area contributed by atoms with Gasteiger partial charge in [0.15, 0.2) is 0 Å². The van der Waals surface area contributed by atoms with E-state index in [1.165, 1.54) is 32.1 Å². The van der Waals surface area contributed by atoms with E-state index in [9.17, 15) is 8.42 Å². The minimum absolute atomic E-state index is 0.176. The maximum atomic E-state index is 10.9. The van der Waals surface area contributed by atoms with Crippen molar-refractivity contribution in [1.29, 1.82) is 0 Å². The summed E-state index contributed by atoms with van der Waals surface area (Å²) in [7, 11) is 1.97. The molecule has 0 amide bonds. The summed E-state index contributed by atoms with van der Waals surface area (Å²) in [5.41, 5.74) is 0. The van der Waals surface area contributed by atoms with Gasteiger partial charge in [-0.15, -0.1) is 0 Å². The predicted octanol–water partition coefficient (Wildman–Crippen LogP) is 3.55. The lowest BCUT2D eigenvalue weighted by Crippen LogP contribution is -2.19. The van der Waals surface area contributed by atoms with Crippen LogP contribution in [0.2, 0.25) is 0 Å². The Kier molecular flexibility index (Phi) is 5.41. The summed E-state index contributed by atoms with van der Waals surface area (Å²) < 4.78 is 21.8. The Balaban J connectivity index is 2.24. The fourth-order valence-corrected chi connectivity index (χ4v) is 3.89. The van der Waals surface area contributed by atoms with Gasteiger partial charge in [-0.2, -0.15) is 0 Å². The zero-order chi connectivity index (χ0) is 11.3. The van der Waals surface area contributed by atoms with Crippen molar-refractivity contribution in [3.8, 4) is 0 Å². The van der Waals surface area contributed by atoms with Gasteiger partial charge in [-0.25, -0.2) is 8.42 Å². The van der Waals surface area contributed by atoms with Gasteiger partial charge in [-0.05, 0) is 24.7 Å². The Morgan fingerprint density at radius 2 is 1.67 bits per heavy atom. The molecule has 4 heteroatoms. The van der Waals surface area contributed by atoms with Crippen molar-refractivity contribution in [3.63, 3.8) is 0 Å². The molecule has 0 radical (unpaired) electrons. The summed E-state index contributed by atoms with van der Waals surface area (Å²) in [6.07, 6.45) is 8.35. The fraction of sp³-hybridized carbons (Fsp3) is 1.00. The maximum Gasteiger partial charge on any atom is 0.232 e. The first kappa shape index (κ1) is 13.3. The lowest BCUT2D eigenvalue weighted by molar-refractivity contribution is 0.274. The molecule has 0 aromatic heterocycles. The zero-order valence-corrected chi connectivity index (χ0v) is 11.0. The van der Waals surface area contributed by atoms with Crippen LogP contribution in [0.5, 0.6) is 0 Å². The molecule has 2 nitrogen and oxygen atoms in total. The Morgan fingerprint density at radius 3 is 2.13 bits per heavy atom. The molecule has 1 aliphatic rings. The van der Waals surface area contributed by atoms with Crippen molar-refractivity contribution in [2.24, 2.45) is 11.8 Å². The molecule has 0 N–H and O–H groups in total. The van der Waals surface area contributed by atoms with Gasteiger partial charge in [0.1, 0.15) is 0 Å². The molecule has 0 bridgehead atoms. The quantitative estimate of drug-likeness (QED) is 0.702. The van der Waals surface area contributed by atoms with Crippen molar-refractivity contribution in [2.45, 2.75) is 51.9 Å². The van der Waals surface area contributed by atoms with Crippen LogP contribution in [0.1, 0.15) is 51.9 Å². The lowest BCUT2D eigenvalue weighted by atomic mass is 9.80. The molecule has 0 spiro atoms. The van der Waals surface area contributed by atoms with Gasteiger partial charge in [0.2, 0.25) is 9.05 Å². The van der Waals surface area contributed by atoms with Gasteiger partial charge >= 0.3 is 0 Å². The summed E-state index contributed by atoms with van der Waals surface area (Å²) in [5.74, 6) is 1.32. The van der Waals surface area contributed by atoms with E-state index < -0.39 is 9.05 Å². The summed E-state index contributed by atoms with van der Waals surface area (Å²) in [6, 6.07) is 0. The first-order valence-electron chi connectivity index (χ1n) is 5.93. The summed E-state index contributed by atoms with van der Waals surface area (Å²) in [6.45, 7) is 2.21. The SMILES string of the molecule is CCCCC1CCC(CS(=O)(=O)Cl)CC1. The molecule has 0 aliphatic heterocycles. The van der Waals surface area contributed by atoms with E-state index in [1.807, 2.05) is 0 Å². The highest BCUT2D eigenvalue weighted by Crippen LogP contribution is 2.32. The first-order valence-corrected chi connectivity index (χ1v) is 8.41. The van der Waals surface area contributed by atoms with Crippen LogP contribution in [0.15, 0.2) is 0 Å². The molecule has 0 aromatic carbocycles. The van der Waals surface area contributed by atoms with E-state index in [1.54, 1.807) is 0 Å². The van der Waals surface area contributed by atoms with Crippen LogP contribution in [-0.4, -0.2) is 14.2 Å². The highest BCUT2D eigenvalue weighted by atomic mass is 35.7. The molecule has 0 heterocycles. The van der Waals surface area contributed by atoms with Crippen LogP contribution in [0.3, 0.4) is 0 Å². The van der Waals surface area contributed by atoms with Crippen LogP contribution in [0.25, 0.3) is 0 Å². The molecule has 1 aliphatic carbocycles. The van der Waals surface area contributed by atoms with E-state index in [-0.39, 0.29) is 5.75 Å². The van der Waals surface area contributed by atoms with E-state index in [2.05, 4.69) is 6.92 Å². The highest BCUT2D eigenvalue weighted by molar-refractivity contribution is 8.13. The topological polar surface area (TPSA) is 34.1 Å². The molecule has 1 rings (SSSR count). The van der Waals surface area contributed by atoms with Gasteiger partial charge in [0.25, 0.3) is 0 Å². The molecule has 0 aromatic rings. The van der Waals surface area contributed by atoms with Crippen LogP contribution >= 0.6 is 10.7 Å². The van der Waals surface area contributed by atoms with E-state index in [0.29, 0.717) is 5.92 Å². The third kappa shape index (κ3) is 5.76. The standard InChI is InChI=1S/C11H21ClO2S/c1-2-3-4-10-5-7-11(8-6-10)9-15(12,13)14/h10-11H,2-9H2,1H3.